The van der Waals surface area contributed by atoms with Crippen molar-refractivity contribution < 1.29 is 18.9 Å². The van der Waals surface area contributed by atoms with Gasteiger partial charge >= 0.3 is 0 Å². The third-order valence-electron chi connectivity index (χ3n) is 8.74. The fourth-order valence-corrected chi connectivity index (χ4v) is 7.50. The van der Waals surface area contributed by atoms with Crippen LogP contribution in [-0.2, 0) is 18.9 Å². The summed E-state index contributed by atoms with van der Waals surface area (Å²) in [5.74, 6) is -0.211. The standard InChI is InChI=1S/C28H22O4/c1-2-24-20-12-16-10-18-14-22-21(25-3-4-26(22)28(25)31-7-8-32-28)13-17(18)9-15(16)11-19(20)23(1)27(24)29-5-6-30-27/h1-4,9-14,23-26H,5-8H2/t23-,24?,25-,26?/m1/s1. The molecule has 4 aliphatic carbocycles. The van der Waals surface area contributed by atoms with Gasteiger partial charge in [0.2, 0.25) is 0 Å². The molecule has 4 nitrogen and oxygen atoms in total. The van der Waals surface area contributed by atoms with E-state index in [0.29, 0.717) is 26.4 Å². The summed E-state index contributed by atoms with van der Waals surface area (Å²) in [5, 5.41) is 5.14. The zero-order valence-electron chi connectivity index (χ0n) is 17.5. The third kappa shape index (κ3) is 1.74. The van der Waals surface area contributed by atoms with Gasteiger partial charge in [0.25, 0.3) is 0 Å². The minimum atomic E-state index is -0.499. The number of rotatable bonds is 0. The Morgan fingerprint density at radius 1 is 0.438 bits per heavy atom. The average Bonchev–Trinajstić information content (AvgIpc) is 3.65. The van der Waals surface area contributed by atoms with E-state index in [9.17, 15) is 0 Å². The molecular weight excluding hydrogens is 400 g/mol. The van der Waals surface area contributed by atoms with Crippen molar-refractivity contribution in [3.8, 4) is 0 Å². The molecule has 0 N–H and O–H groups in total. The van der Waals surface area contributed by atoms with E-state index in [1.54, 1.807) is 0 Å². The van der Waals surface area contributed by atoms with Crippen LogP contribution in [0.15, 0.2) is 60.7 Å². The van der Waals surface area contributed by atoms with Crippen molar-refractivity contribution >= 4 is 21.5 Å². The highest BCUT2D eigenvalue weighted by molar-refractivity contribution is 6.00. The van der Waals surface area contributed by atoms with Crippen LogP contribution in [0.25, 0.3) is 21.5 Å². The molecule has 0 radical (unpaired) electrons. The van der Waals surface area contributed by atoms with Gasteiger partial charge in [0, 0.05) is 0 Å². The molecule has 0 aromatic heterocycles. The molecule has 2 unspecified atom stereocenters. The Morgan fingerprint density at radius 2 is 0.719 bits per heavy atom. The van der Waals surface area contributed by atoms with E-state index in [0.717, 1.165) is 0 Å². The second kappa shape index (κ2) is 5.35. The summed E-state index contributed by atoms with van der Waals surface area (Å²) in [5.41, 5.74) is 5.45. The zero-order valence-corrected chi connectivity index (χ0v) is 17.5. The lowest BCUT2D eigenvalue weighted by atomic mass is 9.89. The molecule has 0 saturated carbocycles. The van der Waals surface area contributed by atoms with E-state index in [4.69, 9.17) is 18.9 Å². The summed E-state index contributed by atoms with van der Waals surface area (Å²) in [6.07, 6.45) is 9.12. The first-order valence-corrected chi connectivity index (χ1v) is 11.7. The van der Waals surface area contributed by atoms with Crippen LogP contribution in [0.3, 0.4) is 0 Å². The topological polar surface area (TPSA) is 36.9 Å². The summed E-state index contributed by atoms with van der Waals surface area (Å²) in [7, 11) is 0. The Balaban J connectivity index is 1.23. The Morgan fingerprint density at radius 3 is 1.00 bits per heavy atom. The first kappa shape index (κ1) is 17.0. The number of hydrogen-bond donors (Lipinski definition) is 0. The molecule has 4 heteroatoms. The second-order valence-corrected chi connectivity index (χ2v) is 10.0. The molecule has 6 aliphatic rings. The van der Waals surface area contributed by atoms with Crippen molar-refractivity contribution in [3.05, 3.63) is 83.0 Å². The van der Waals surface area contributed by atoms with Crippen LogP contribution in [0, 0.1) is 0 Å². The van der Waals surface area contributed by atoms with Crippen LogP contribution in [0.1, 0.15) is 45.9 Å². The van der Waals surface area contributed by atoms with E-state index >= 15 is 0 Å². The van der Waals surface area contributed by atoms with Gasteiger partial charge in [-0.25, -0.2) is 0 Å². The maximum Gasteiger partial charge on any atom is 0.189 e. The van der Waals surface area contributed by atoms with Crippen molar-refractivity contribution in [3.63, 3.8) is 0 Å². The van der Waals surface area contributed by atoms with Crippen molar-refractivity contribution in [2.24, 2.45) is 0 Å². The molecule has 2 saturated heterocycles. The Labute approximate surface area is 185 Å². The van der Waals surface area contributed by atoms with Gasteiger partial charge in [-0.3, -0.25) is 0 Å². The maximum absolute atomic E-state index is 6.19. The minimum Gasteiger partial charge on any atom is -0.346 e. The van der Waals surface area contributed by atoms with Crippen molar-refractivity contribution in [2.45, 2.75) is 35.2 Å². The van der Waals surface area contributed by atoms with Gasteiger partial charge in [-0.1, -0.05) is 48.6 Å². The van der Waals surface area contributed by atoms with Crippen molar-refractivity contribution in [1.29, 1.82) is 0 Å². The van der Waals surface area contributed by atoms with E-state index in [1.807, 2.05) is 0 Å². The largest absolute Gasteiger partial charge is 0.346 e. The van der Waals surface area contributed by atoms with Gasteiger partial charge in [0.05, 0.1) is 50.1 Å². The molecule has 2 spiro atoms. The zero-order chi connectivity index (χ0) is 20.7. The first-order valence-electron chi connectivity index (χ1n) is 11.7. The van der Waals surface area contributed by atoms with Crippen molar-refractivity contribution in [1.82, 2.24) is 0 Å². The molecule has 2 aliphatic heterocycles. The van der Waals surface area contributed by atoms with Crippen LogP contribution in [0.2, 0.25) is 0 Å². The van der Waals surface area contributed by atoms with E-state index < -0.39 is 11.6 Å². The summed E-state index contributed by atoms with van der Waals surface area (Å²) in [4.78, 5) is 0. The van der Waals surface area contributed by atoms with Gasteiger partial charge in [0.1, 0.15) is 0 Å². The van der Waals surface area contributed by atoms with Crippen LogP contribution in [0.4, 0.5) is 0 Å². The summed E-state index contributed by atoms with van der Waals surface area (Å²) in [6, 6.07) is 14.2. The summed E-state index contributed by atoms with van der Waals surface area (Å²) < 4.78 is 24.8. The van der Waals surface area contributed by atoms with Crippen molar-refractivity contribution in [2.75, 3.05) is 26.4 Å². The number of ether oxygens (including phenoxy) is 4. The lowest BCUT2D eigenvalue weighted by molar-refractivity contribution is -0.161. The molecule has 4 atom stereocenters. The average molecular weight is 422 g/mol. The van der Waals surface area contributed by atoms with Gasteiger partial charge in [-0.2, -0.15) is 0 Å². The van der Waals surface area contributed by atoms with Gasteiger partial charge in [0.15, 0.2) is 11.6 Å². The predicted molar refractivity (Wildman–Crippen MR) is 120 cm³/mol. The second-order valence-electron chi connectivity index (χ2n) is 10.0. The molecule has 3 aromatic carbocycles. The van der Waals surface area contributed by atoms with E-state index in [1.165, 1.54) is 43.8 Å². The molecule has 0 amide bonds. The van der Waals surface area contributed by atoms with Crippen LogP contribution < -0.4 is 0 Å². The van der Waals surface area contributed by atoms with E-state index in [2.05, 4.69) is 60.7 Å². The van der Waals surface area contributed by atoms with Crippen LogP contribution in [0.5, 0.6) is 0 Å². The summed E-state index contributed by atoms with van der Waals surface area (Å²) in [6.45, 7) is 2.73. The normalized spacial score (nSPS) is 33.5. The summed E-state index contributed by atoms with van der Waals surface area (Å²) >= 11 is 0. The predicted octanol–water partition coefficient (Wildman–Crippen LogP) is 4.98. The Kier molecular flexibility index (Phi) is 2.85. The lowest BCUT2D eigenvalue weighted by Gasteiger charge is -2.27. The Bertz CT molecular complexity index is 1220. The highest BCUT2D eigenvalue weighted by Gasteiger charge is 2.60. The fraction of sp³-hybridized carbons (Fsp3) is 0.357. The first-order chi connectivity index (χ1) is 15.8. The lowest BCUT2D eigenvalue weighted by Crippen LogP contribution is -2.34. The van der Waals surface area contributed by atoms with Gasteiger partial charge in [-0.15, -0.1) is 0 Å². The SMILES string of the molecule is C1=C[C@@H]2c3cc4cc5cc6c(cc5cc4cc3C1C21OCCO1)C1C=C[C@H]6C12OCCO2. The minimum absolute atomic E-state index is 0.197. The number of benzene rings is 3. The quantitative estimate of drug-likeness (QED) is 0.378. The molecule has 3 aromatic rings. The molecular formula is C28H22O4. The van der Waals surface area contributed by atoms with Gasteiger partial charge < -0.3 is 18.9 Å². The highest BCUT2D eigenvalue weighted by atomic mass is 16.7. The highest BCUT2D eigenvalue weighted by Crippen LogP contribution is 2.61. The van der Waals surface area contributed by atoms with Gasteiger partial charge in [-0.05, 0) is 55.9 Å². The van der Waals surface area contributed by atoms with Crippen LogP contribution >= 0.6 is 0 Å². The number of hydrogen-bond acceptors (Lipinski definition) is 4. The molecule has 32 heavy (non-hydrogen) atoms. The maximum atomic E-state index is 6.19. The Hall–Kier alpha value is -2.50. The molecule has 4 bridgehead atoms. The van der Waals surface area contributed by atoms with Crippen LogP contribution in [-0.4, -0.2) is 38.0 Å². The monoisotopic (exact) mass is 422 g/mol. The smallest absolute Gasteiger partial charge is 0.189 e. The number of fused-ring (bicyclic) bond motifs is 8. The molecule has 2 fully saturated rings. The van der Waals surface area contributed by atoms with E-state index in [-0.39, 0.29) is 23.7 Å². The molecule has 158 valence electrons. The molecule has 2 heterocycles. The fourth-order valence-electron chi connectivity index (χ4n) is 7.50. The third-order valence-corrected chi connectivity index (χ3v) is 8.74. The molecule has 9 rings (SSSR count).